The molecule has 0 spiro atoms. The van der Waals surface area contributed by atoms with Crippen LogP contribution in [-0.2, 0) is 9.53 Å². The highest BCUT2D eigenvalue weighted by Gasteiger charge is 2.28. The van der Waals surface area contributed by atoms with Gasteiger partial charge in [0.05, 0.1) is 25.8 Å². The molecule has 31 heavy (non-hydrogen) atoms. The summed E-state index contributed by atoms with van der Waals surface area (Å²) in [5.74, 6) is 2.29. The third kappa shape index (κ3) is 5.19. The first-order valence-corrected chi connectivity index (χ1v) is 11.0. The Morgan fingerprint density at radius 2 is 1.84 bits per heavy atom. The Hall–Kier alpha value is -2.58. The number of morpholine rings is 1. The van der Waals surface area contributed by atoms with Crippen LogP contribution in [0.3, 0.4) is 0 Å². The number of anilines is 2. The number of aromatic nitrogens is 2. The standard InChI is InChI=1S/C22H28ClN5O3/c1-15(26-16(2)29)17-3-5-18(6-4-17)31-19-7-8-28(13-19)22-20(23)21(24-14-25-22)27-9-11-30-12-10-27/h3-6,14-15,19H,7-13H2,1-2H3,(H,26,29)/t15-,19+/m0/s1. The molecular formula is C22H28ClN5O3. The van der Waals surface area contributed by atoms with Gasteiger partial charge in [-0.15, -0.1) is 0 Å². The van der Waals surface area contributed by atoms with Crippen LogP contribution in [0, 0.1) is 0 Å². The SMILES string of the molecule is CC(=O)N[C@@H](C)c1ccc(O[C@@H]2CCN(c3ncnc(N4CCOCC4)c3Cl)C2)cc1. The lowest BCUT2D eigenvalue weighted by molar-refractivity contribution is -0.119. The molecule has 2 aliphatic rings. The Balaban J connectivity index is 1.38. The van der Waals surface area contributed by atoms with Gasteiger partial charge < -0.3 is 24.6 Å². The van der Waals surface area contributed by atoms with Gasteiger partial charge in [0.1, 0.15) is 23.2 Å². The van der Waals surface area contributed by atoms with E-state index in [2.05, 4.69) is 25.1 Å². The average molecular weight is 446 g/mol. The van der Waals surface area contributed by atoms with Crippen molar-refractivity contribution in [1.82, 2.24) is 15.3 Å². The van der Waals surface area contributed by atoms with Crippen molar-refractivity contribution >= 4 is 29.1 Å². The van der Waals surface area contributed by atoms with Gasteiger partial charge in [0.15, 0.2) is 11.6 Å². The van der Waals surface area contributed by atoms with Crippen molar-refractivity contribution in [2.75, 3.05) is 49.2 Å². The normalized spacial score (nSPS) is 19.9. The fraction of sp³-hybridized carbons (Fsp3) is 0.500. The second-order valence-electron chi connectivity index (χ2n) is 7.90. The molecule has 1 N–H and O–H groups in total. The largest absolute Gasteiger partial charge is 0.489 e. The number of nitrogens with zero attached hydrogens (tertiary/aromatic N) is 4. The molecule has 2 atom stereocenters. The maximum atomic E-state index is 11.2. The summed E-state index contributed by atoms with van der Waals surface area (Å²) in [6.07, 6.45) is 2.52. The Morgan fingerprint density at radius 3 is 2.52 bits per heavy atom. The number of ether oxygens (including phenoxy) is 2. The zero-order chi connectivity index (χ0) is 21.8. The highest BCUT2D eigenvalue weighted by molar-refractivity contribution is 6.35. The number of carbonyl (C=O) groups is 1. The van der Waals surface area contributed by atoms with Gasteiger partial charge in [-0.2, -0.15) is 0 Å². The molecule has 9 heteroatoms. The monoisotopic (exact) mass is 445 g/mol. The molecule has 1 amide bonds. The van der Waals surface area contributed by atoms with Crippen LogP contribution in [0.1, 0.15) is 31.9 Å². The summed E-state index contributed by atoms with van der Waals surface area (Å²) >= 11 is 6.69. The van der Waals surface area contributed by atoms with E-state index in [0.29, 0.717) is 24.8 Å². The van der Waals surface area contributed by atoms with Gasteiger partial charge in [0, 0.05) is 33.0 Å². The number of rotatable bonds is 6. The van der Waals surface area contributed by atoms with E-state index in [1.54, 1.807) is 6.33 Å². The molecule has 1 aromatic heterocycles. The Morgan fingerprint density at radius 1 is 1.16 bits per heavy atom. The van der Waals surface area contributed by atoms with Gasteiger partial charge in [-0.05, 0) is 24.6 Å². The molecule has 0 bridgehead atoms. The van der Waals surface area contributed by atoms with Gasteiger partial charge in [0.2, 0.25) is 5.91 Å². The van der Waals surface area contributed by atoms with Crippen LogP contribution in [-0.4, -0.2) is 61.4 Å². The number of carbonyl (C=O) groups excluding carboxylic acids is 1. The second-order valence-corrected chi connectivity index (χ2v) is 8.28. The van der Waals surface area contributed by atoms with E-state index in [4.69, 9.17) is 21.1 Å². The van der Waals surface area contributed by atoms with Crippen LogP contribution in [0.5, 0.6) is 5.75 Å². The number of hydrogen-bond donors (Lipinski definition) is 1. The Labute approximate surface area is 187 Å². The number of amides is 1. The molecule has 0 radical (unpaired) electrons. The molecule has 8 nitrogen and oxygen atoms in total. The highest BCUT2D eigenvalue weighted by Crippen LogP contribution is 2.34. The van der Waals surface area contributed by atoms with Gasteiger partial charge in [-0.1, -0.05) is 23.7 Å². The first-order chi connectivity index (χ1) is 15.0. The van der Waals surface area contributed by atoms with Crippen molar-refractivity contribution < 1.29 is 14.3 Å². The smallest absolute Gasteiger partial charge is 0.217 e. The van der Waals surface area contributed by atoms with Crippen molar-refractivity contribution in [2.45, 2.75) is 32.4 Å². The van der Waals surface area contributed by atoms with Crippen molar-refractivity contribution in [2.24, 2.45) is 0 Å². The molecule has 2 aliphatic heterocycles. The second kappa shape index (κ2) is 9.70. The number of halogens is 1. The molecule has 0 unspecified atom stereocenters. The summed E-state index contributed by atoms with van der Waals surface area (Å²) in [7, 11) is 0. The number of benzene rings is 1. The summed E-state index contributed by atoms with van der Waals surface area (Å²) in [4.78, 5) is 24.4. The van der Waals surface area contributed by atoms with E-state index in [9.17, 15) is 4.79 Å². The topological polar surface area (TPSA) is 79.8 Å². The lowest BCUT2D eigenvalue weighted by Crippen LogP contribution is -2.37. The third-order valence-electron chi connectivity index (χ3n) is 5.61. The fourth-order valence-corrected chi connectivity index (χ4v) is 4.34. The van der Waals surface area contributed by atoms with Crippen molar-refractivity contribution in [3.05, 3.63) is 41.2 Å². The fourth-order valence-electron chi connectivity index (χ4n) is 4.00. The lowest BCUT2D eigenvalue weighted by Gasteiger charge is -2.29. The quantitative estimate of drug-likeness (QED) is 0.732. The van der Waals surface area contributed by atoms with Crippen molar-refractivity contribution in [3.8, 4) is 5.75 Å². The van der Waals surface area contributed by atoms with Gasteiger partial charge in [-0.25, -0.2) is 9.97 Å². The van der Waals surface area contributed by atoms with E-state index < -0.39 is 0 Å². The van der Waals surface area contributed by atoms with E-state index in [-0.39, 0.29) is 18.1 Å². The molecule has 2 aromatic rings. The highest BCUT2D eigenvalue weighted by atomic mass is 35.5. The molecule has 4 rings (SSSR count). The van der Waals surface area contributed by atoms with Gasteiger partial charge in [-0.3, -0.25) is 4.79 Å². The van der Waals surface area contributed by atoms with E-state index in [1.165, 1.54) is 6.92 Å². The zero-order valence-corrected chi connectivity index (χ0v) is 18.6. The van der Waals surface area contributed by atoms with Crippen molar-refractivity contribution in [1.29, 1.82) is 0 Å². The minimum atomic E-state index is -0.0426. The first kappa shape index (κ1) is 21.6. The number of nitrogens with one attached hydrogen (secondary N) is 1. The minimum absolute atomic E-state index is 0.0332. The Kier molecular flexibility index (Phi) is 6.77. The molecule has 2 saturated heterocycles. The zero-order valence-electron chi connectivity index (χ0n) is 17.9. The molecule has 1 aromatic carbocycles. The molecule has 0 aliphatic carbocycles. The molecule has 2 fully saturated rings. The molecule has 3 heterocycles. The summed E-state index contributed by atoms with van der Waals surface area (Å²) in [6, 6.07) is 7.83. The maximum Gasteiger partial charge on any atom is 0.217 e. The van der Waals surface area contributed by atoms with Crippen LogP contribution in [0.4, 0.5) is 11.6 Å². The van der Waals surface area contributed by atoms with Crippen LogP contribution in [0.25, 0.3) is 0 Å². The van der Waals surface area contributed by atoms with Crippen molar-refractivity contribution in [3.63, 3.8) is 0 Å². The predicted molar refractivity (Wildman–Crippen MR) is 120 cm³/mol. The van der Waals surface area contributed by atoms with Gasteiger partial charge in [0.25, 0.3) is 0 Å². The average Bonchev–Trinajstić information content (AvgIpc) is 3.22. The van der Waals surface area contributed by atoms with E-state index >= 15 is 0 Å². The third-order valence-corrected chi connectivity index (χ3v) is 5.95. The van der Waals surface area contributed by atoms with Gasteiger partial charge >= 0.3 is 0 Å². The number of hydrogen-bond acceptors (Lipinski definition) is 7. The van der Waals surface area contributed by atoms with Crippen LogP contribution < -0.4 is 19.9 Å². The minimum Gasteiger partial charge on any atom is -0.489 e. The lowest BCUT2D eigenvalue weighted by atomic mass is 10.1. The predicted octanol–water partition coefficient (Wildman–Crippen LogP) is 2.82. The van der Waals surface area contributed by atoms with Crippen LogP contribution in [0.15, 0.2) is 30.6 Å². The van der Waals surface area contributed by atoms with E-state index in [0.717, 1.165) is 49.0 Å². The van der Waals surface area contributed by atoms with Crippen LogP contribution >= 0.6 is 11.6 Å². The summed E-state index contributed by atoms with van der Waals surface area (Å²) in [5, 5.41) is 3.47. The molecule has 166 valence electrons. The maximum absolute atomic E-state index is 11.2. The summed E-state index contributed by atoms with van der Waals surface area (Å²) in [5.41, 5.74) is 1.04. The molecular weight excluding hydrogens is 418 g/mol. The first-order valence-electron chi connectivity index (χ1n) is 10.6. The van der Waals surface area contributed by atoms with Crippen LogP contribution in [0.2, 0.25) is 5.02 Å². The Bertz CT molecular complexity index is 905. The molecule has 0 saturated carbocycles. The summed E-state index contributed by atoms with van der Waals surface area (Å²) in [6.45, 7) is 7.92. The summed E-state index contributed by atoms with van der Waals surface area (Å²) < 4.78 is 11.6. The van der Waals surface area contributed by atoms with E-state index in [1.807, 2.05) is 31.2 Å².